The van der Waals surface area contributed by atoms with Crippen LogP contribution in [0.5, 0.6) is 5.88 Å². The monoisotopic (exact) mass is 387 g/mol. The number of hydrogen-bond donors (Lipinski definition) is 0. The van der Waals surface area contributed by atoms with Crippen LogP contribution in [0.4, 0.5) is 13.2 Å². The minimum atomic E-state index is -4.91. The van der Waals surface area contributed by atoms with Crippen LogP contribution in [-0.4, -0.2) is 64.1 Å². The van der Waals surface area contributed by atoms with Gasteiger partial charge in [-0.3, -0.25) is 9.59 Å². The molecular formula is C15H16F3N5O4. The highest BCUT2D eigenvalue weighted by atomic mass is 19.4. The van der Waals surface area contributed by atoms with E-state index in [9.17, 15) is 22.8 Å². The quantitative estimate of drug-likeness (QED) is 0.690. The second-order valence-electron chi connectivity index (χ2n) is 5.22. The lowest BCUT2D eigenvalue weighted by molar-refractivity contribution is -0.143. The van der Waals surface area contributed by atoms with Crippen LogP contribution in [0.15, 0.2) is 18.3 Å². The summed E-state index contributed by atoms with van der Waals surface area (Å²) in [6.07, 6.45) is -4.15. The highest BCUT2D eigenvalue weighted by molar-refractivity contribution is 5.96. The average molecular weight is 387 g/mol. The number of nitrogens with zero attached hydrogens (tertiary/aromatic N) is 5. The zero-order valence-electron chi connectivity index (χ0n) is 14.6. The van der Waals surface area contributed by atoms with Crippen molar-refractivity contribution in [3.05, 3.63) is 29.6 Å². The van der Waals surface area contributed by atoms with Gasteiger partial charge < -0.3 is 14.4 Å². The number of rotatable bonds is 6. The highest BCUT2D eigenvalue weighted by Gasteiger charge is 2.41. The maximum absolute atomic E-state index is 13.6. The van der Waals surface area contributed by atoms with Gasteiger partial charge in [0.1, 0.15) is 6.54 Å². The van der Waals surface area contributed by atoms with E-state index in [2.05, 4.69) is 20.0 Å². The first kappa shape index (κ1) is 20.1. The molecule has 2 aromatic rings. The fraction of sp³-hybridized carbons (Fsp3) is 0.400. The Balaban J connectivity index is 2.41. The minimum Gasteiger partial charge on any atom is -0.480 e. The largest absolute Gasteiger partial charge is 0.480 e. The number of amides is 1. The SMILES string of the molecule is CCOC(=O)CN(C)C(=O)c1cnn(-c2ccc(OC)nn2)c1C(F)(F)F. The van der Waals surface area contributed by atoms with E-state index in [0.29, 0.717) is 4.68 Å². The molecule has 2 heterocycles. The van der Waals surface area contributed by atoms with Gasteiger partial charge in [0, 0.05) is 13.1 Å². The average Bonchev–Trinajstić information content (AvgIpc) is 3.06. The number of hydrogen-bond acceptors (Lipinski definition) is 7. The van der Waals surface area contributed by atoms with Crippen molar-refractivity contribution in [2.45, 2.75) is 13.1 Å². The molecule has 0 saturated heterocycles. The number of ether oxygens (including phenoxy) is 2. The van der Waals surface area contributed by atoms with Crippen LogP contribution in [0, 0.1) is 0 Å². The van der Waals surface area contributed by atoms with Crippen molar-refractivity contribution in [3.8, 4) is 11.7 Å². The van der Waals surface area contributed by atoms with Crippen LogP contribution < -0.4 is 4.74 Å². The van der Waals surface area contributed by atoms with Crippen LogP contribution >= 0.6 is 0 Å². The van der Waals surface area contributed by atoms with Gasteiger partial charge in [-0.15, -0.1) is 10.2 Å². The number of esters is 1. The van der Waals surface area contributed by atoms with Crippen LogP contribution in [-0.2, 0) is 15.7 Å². The third-order valence-corrected chi connectivity index (χ3v) is 3.34. The summed E-state index contributed by atoms with van der Waals surface area (Å²) in [7, 11) is 2.51. The molecule has 0 saturated carbocycles. The van der Waals surface area contributed by atoms with Gasteiger partial charge in [-0.2, -0.15) is 18.3 Å². The van der Waals surface area contributed by atoms with Gasteiger partial charge in [0.25, 0.3) is 5.91 Å². The summed E-state index contributed by atoms with van der Waals surface area (Å²) in [5, 5.41) is 10.8. The van der Waals surface area contributed by atoms with E-state index in [-0.39, 0.29) is 18.3 Å². The number of carbonyl (C=O) groups is 2. The molecule has 0 radical (unpaired) electrons. The van der Waals surface area contributed by atoms with Crippen molar-refractivity contribution in [1.29, 1.82) is 0 Å². The zero-order valence-corrected chi connectivity index (χ0v) is 14.6. The standard InChI is InChI=1S/C15H16F3N5O4/c1-4-27-12(24)8-22(2)14(25)9-7-19-23(13(9)15(16,17)18)10-5-6-11(26-3)21-20-10/h5-7H,4,8H2,1-3H3. The smallest absolute Gasteiger partial charge is 0.434 e. The van der Waals surface area contributed by atoms with Gasteiger partial charge in [0.15, 0.2) is 11.5 Å². The van der Waals surface area contributed by atoms with Crippen molar-refractivity contribution in [2.24, 2.45) is 0 Å². The summed E-state index contributed by atoms with van der Waals surface area (Å²) in [4.78, 5) is 24.7. The lowest BCUT2D eigenvalue weighted by Crippen LogP contribution is -2.34. The molecule has 0 fully saturated rings. The van der Waals surface area contributed by atoms with Crippen LogP contribution in [0.25, 0.3) is 5.82 Å². The Bertz CT molecular complexity index is 820. The van der Waals surface area contributed by atoms with Crippen molar-refractivity contribution < 1.29 is 32.2 Å². The lowest BCUT2D eigenvalue weighted by atomic mass is 10.2. The van der Waals surface area contributed by atoms with E-state index in [0.717, 1.165) is 11.1 Å². The van der Waals surface area contributed by atoms with Crippen LogP contribution in [0.3, 0.4) is 0 Å². The second kappa shape index (κ2) is 8.01. The summed E-state index contributed by atoms with van der Waals surface area (Å²) >= 11 is 0. The Kier molecular flexibility index (Phi) is 5.98. The summed E-state index contributed by atoms with van der Waals surface area (Å²) < 4.78 is 50.7. The fourth-order valence-corrected chi connectivity index (χ4v) is 2.16. The molecule has 0 aliphatic carbocycles. The van der Waals surface area contributed by atoms with Crippen molar-refractivity contribution in [1.82, 2.24) is 24.9 Å². The molecule has 0 unspecified atom stereocenters. The van der Waals surface area contributed by atoms with Crippen molar-refractivity contribution in [3.63, 3.8) is 0 Å². The van der Waals surface area contributed by atoms with Crippen LogP contribution in [0.1, 0.15) is 23.0 Å². The molecule has 0 aromatic carbocycles. The summed E-state index contributed by atoms with van der Waals surface area (Å²) in [6, 6.07) is 2.52. The summed E-state index contributed by atoms with van der Waals surface area (Å²) in [5.74, 6) is -1.93. The molecule has 0 aliphatic rings. The highest BCUT2D eigenvalue weighted by Crippen LogP contribution is 2.33. The van der Waals surface area contributed by atoms with Gasteiger partial charge in [0.05, 0.1) is 25.5 Å². The number of aromatic nitrogens is 4. The molecule has 27 heavy (non-hydrogen) atoms. The number of methoxy groups -OCH3 is 1. The number of likely N-dealkylation sites (N-methyl/N-ethyl adjacent to an activating group) is 1. The van der Waals surface area contributed by atoms with Gasteiger partial charge in [-0.25, -0.2) is 4.68 Å². The van der Waals surface area contributed by atoms with Gasteiger partial charge >= 0.3 is 12.1 Å². The van der Waals surface area contributed by atoms with E-state index in [4.69, 9.17) is 4.74 Å². The van der Waals surface area contributed by atoms with Gasteiger partial charge in [-0.1, -0.05) is 0 Å². The first-order chi connectivity index (χ1) is 12.7. The van der Waals surface area contributed by atoms with E-state index in [1.807, 2.05) is 0 Å². The third-order valence-electron chi connectivity index (χ3n) is 3.34. The molecule has 146 valence electrons. The van der Waals surface area contributed by atoms with E-state index in [1.165, 1.54) is 26.3 Å². The molecule has 12 heteroatoms. The Hall–Kier alpha value is -3.18. The maximum Gasteiger partial charge on any atom is 0.434 e. The molecule has 0 bridgehead atoms. The summed E-state index contributed by atoms with van der Waals surface area (Å²) in [6.45, 7) is 1.15. The zero-order chi connectivity index (χ0) is 20.2. The predicted octanol–water partition coefficient (Wildman–Crippen LogP) is 1.32. The molecule has 9 nitrogen and oxygen atoms in total. The maximum atomic E-state index is 13.6. The second-order valence-corrected chi connectivity index (χ2v) is 5.22. The molecule has 2 aromatic heterocycles. The van der Waals surface area contributed by atoms with Crippen molar-refractivity contribution >= 4 is 11.9 Å². The van der Waals surface area contributed by atoms with E-state index >= 15 is 0 Å². The minimum absolute atomic E-state index is 0.0860. The predicted molar refractivity (Wildman–Crippen MR) is 84.3 cm³/mol. The Morgan fingerprint density at radius 2 is 1.96 bits per heavy atom. The van der Waals surface area contributed by atoms with Gasteiger partial charge in [0.2, 0.25) is 5.88 Å². The lowest BCUT2D eigenvalue weighted by Gasteiger charge is -2.17. The topological polar surface area (TPSA) is 99.4 Å². The first-order valence-electron chi connectivity index (χ1n) is 7.63. The number of carbonyl (C=O) groups excluding carboxylic acids is 2. The molecule has 2 rings (SSSR count). The normalized spacial score (nSPS) is 11.2. The molecule has 0 aliphatic heterocycles. The van der Waals surface area contributed by atoms with E-state index in [1.54, 1.807) is 6.92 Å². The third kappa shape index (κ3) is 4.51. The number of halogens is 3. The van der Waals surface area contributed by atoms with Gasteiger partial charge in [-0.05, 0) is 13.0 Å². The molecule has 0 N–H and O–H groups in total. The van der Waals surface area contributed by atoms with Crippen molar-refractivity contribution in [2.75, 3.05) is 27.3 Å². The molecule has 1 amide bonds. The first-order valence-corrected chi connectivity index (χ1v) is 7.63. The number of alkyl halides is 3. The summed E-state index contributed by atoms with van der Waals surface area (Å²) in [5.41, 5.74) is -2.06. The Labute approximate surface area is 151 Å². The van der Waals surface area contributed by atoms with Crippen LogP contribution in [0.2, 0.25) is 0 Å². The fourth-order valence-electron chi connectivity index (χ4n) is 2.16. The Morgan fingerprint density at radius 3 is 2.48 bits per heavy atom. The van der Waals surface area contributed by atoms with E-state index < -0.39 is 35.9 Å². The Morgan fingerprint density at radius 1 is 1.26 bits per heavy atom. The molecule has 0 atom stereocenters. The molecule has 0 spiro atoms. The molecular weight excluding hydrogens is 371 g/mol.